The Kier molecular flexibility index (Phi) is 3.90. The zero-order chi connectivity index (χ0) is 11.3. The van der Waals surface area contributed by atoms with Crippen molar-refractivity contribution in [2.75, 3.05) is 6.54 Å². The van der Waals surface area contributed by atoms with Crippen molar-refractivity contribution < 1.29 is 5.11 Å². The first kappa shape index (κ1) is 11.8. The predicted octanol–water partition coefficient (Wildman–Crippen LogP) is -0.730. The number of guanidine groups is 2. The fourth-order valence-electron chi connectivity index (χ4n) is 1.76. The van der Waals surface area contributed by atoms with E-state index in [0.717, 1.165) is 25.7 Å². The summed E-state index contributed by atoms with van der Waals surface area (Å²) in [6.07, 6.45) is 4.79. The summed E-state index contributed by atoms with van der Waals surface area (Å²) in [6.45, 7) is 0.273. The lowest BCUT2D eigenvalue weighted by Crippen LogP contribution is -2.35. The zero-order valence-corrected chi connectivity index (χ0v) is 8.82. The predicted molar refractivity (Wildman–Crippen MR) is 60.3 cm³/mol. The van der Waals surface area contributed by atoms with Crippen molar-refractivity contribution in [1.29, 1.82) is 0 Å². The lowest BCUT2D eigenvalue weighted by atomic mass is 9.85. The molecule has 6 heteroatoms. The van der Waals surface area contributed by atoms with Gasteiger partial charge in [-0.05, 0) is 12.8 Å². The van der Waals surface area contributed by atoms with Gasteiger partial charge in [0.1, 0.15) is 0 Å². The largest absolute Gasteiger partial charge is 0.388 e. The van der Waals surface area contributed by atoms with E-state index >= 15 is 0 Å². The minimum Gasteiger partial charge on any atom is -0.388 e. The molecule has 0 heterocycles. The lowest BCUT2D eigenvalue weighted by Gasteiger charge is -2.30. The third-order valence-electron chi connectivity index (χ3n) is 2.56. The Morgan fingerprint density at radius 3 is 2.27 bits per heavy atom. The molecule has 1 fully saturated rings. The van der Waals surface area contributed by atoms with Crippen LogP contribution in [-0.4, -0.2) is 29.2 Å². The molecule has 1 saturated carbocycles. The summed E-state index contributed by atoms with van der Waals surface area (Å²) in [5.41, 5.74) is 15.0. The highest BCUT2D eigenvalue weighted by Gasteiger charge is 2.28. The first-order chi connectivity index (χ1) is 7.02. The molecule has 0 spiro atoms. The summed E-state index contributed by atoms with van der Waals surface area (Å²) in [5.74, 6) is -0.0964. The summed E-state index contributed by atoms with van der Waals surface area (Å²) >= 11 is 0. The summed E-state index contributed by atoms with van der Waals surface area (Å²) in [7, 11) is 0. The Morgan fingerprint density at radius 2 is 1.73 bits per heavy atom. The van der Waals surface area contributed by atoms with Gasteiger partial charge in [0.2, 0.25) is 5.96 Å². The number of rotatable bonds is 2. The number of aliphatic imine (C=N–C) groups is 2. The van der Waals surface area contributed by atoms with Crippen molar-refractivity contribution in [1.82, 2.24) is 0 Å². The second-order valence-corrected chi connectivity index (χ2v) is 4.00. The molecule has 0 aromatic heterocycles. The Labute approximate surface area is 89.3 Å². The fourth-order valence-corrected chi connectivity index (χ4v) is 1.76. The van der Waals surface area contributed by atoms with Crippen LogP contribution in [0.2, 0.25) is 0 Å². The van der Waals surface area contributed by atoms with Crippen LogP contribution >= 0.6 is 0 Å². The second kappa shape index (κ2) is 4.97. The van der Waals surface area contributed by atoms with Crippen LogP contribution in [-0.2, 0) is 0 Å². The highest BCUT2D eigenvalue weighted by molar-refractivity contribution is 5.92. The van der Waals surface area contributed by atoms with E-state index in [4.69, 9.17) is 17.2 Å². The SMILES string of the molecule is NC(N)=NC(N)=NCC1(O)CCCCC1. The zero-order valence-electron chi connectivity index (χ0n) is 8.82. The second-order valence-electron chi connectivity index (χ2n) is 4.00. The molecule has 1 aliphatic carbocycles. The Morgan fingerprint density at radius 1 is 1.13 bits per heavy atom. The van der Waals surface area contributed by atoms with Crippen LogP contribution in [0.25, 0.3) is 0 Å². The average Bonchev–Trinajstić information content (AvgIpc) is 2.15. The first-order valence-electron chi connectivity index (χ1n) is 5.14. The van der Waals surface area contributed by atoms with Gasteiger partial charge in [-0.3, -0.25) is 0 Å². The summed E-state index contributed by atoms with van der Waals surface area (Å²) in [5, 5.41) is 10.1. The van der Waals surface area contributed by atoms with Crippen LogP contribution in [0.4, 0.5) is 0 Å². The smallest absolute Gasteiger partial charge is 0.218 e. The summed E-state index contributed by atoms with van der Waals surface area (Å²) in [4.78, 5) is 7.54. The third-order valence-corrected chi connectivity index (χ3v) is 2.56. The van der Waals surface area contributed by atoms with E-state index in [2.05, 4.69) is 9.98 Å². The molecule has 0 radical (unpaired) electrons. The quantitative estimate of drug-likeness (QED) is 0.356. The number of hydrogen-bond donors (Lipinski definition) is 4. The van der Waals surface area contributed by atoms with Crippen LogP contribution in [0, 0.1) is 0 Å². The van der Waals surface area contributed by atoms with Crippen LogP contribution in [0.5, 0.6) is 0 Å². The molecule has 7 N–H and O–H groups in total. The number of aliphatic hydroxyl groups is 1. The van der Waals surface area contributed by atoms with Gasteiger partial charge in [0, 0.05) is 0 Å². The topological polar surface area (TPSA) is 123 Å². The number of nitrogens with two attached hydrogens (primary N) is 3. The van der Waals surface area contributed by atoms with E-state index in [0.29, 0.717) is 0 Å². The van der Waals surface area contributed by atoms with Crippen molar-refractivity contribution in [3.05, 3.63) is 0 Å². The van der Waals surface area contributed by atoms with Gasteiger partial charge >= 0.3 is 0 Å². The van der Waals surface area contributed by atoms with Gasteiger partial charge in [-0.1, -0.05) is 19.3 Å². The minimum absolute atomic E-state index is 0.0222. The van der Waals surface area contributed by atoms with E-state index < -0.39 is 5.60 Å². The normalized spacial score (nSPS) is 21.0. The van der Waals surface area contributed by atoms with Gasteiger partial charge in [0.15, 0.2) is 5.96 Å². The van der Waals surface area contributed by atoms with E-state index in [1.807, 2.05) is 0 Å². The molecule has 6 nitrogen and oxygen atoms in total. The standard InChI is InChI=1S/C9H19N5O/c10-7(11)14-8(12)13-6-9(15)4-2-1-3-5-9/h15H,1-6H2,(H6,10,11,12,13,14). The third kappa shape index (κ3) is 4.16. The van der Waals surface area contributed by atoms with Gasteiger partial charge in [-0.25, -0.2) is 4.99 Å². The van der Waals surface area contributed by atoms with Crippen molar-refractivity contribution >= 4 is 11.9 Å². The van der Waals surface area contributed by atoms with Crippen molar-refractivity contribution in [3.8, 4) is 0 Å². The van der Waals surface area contributed by atoms with Gasteiger partial charge in [0.05, 0.1) is 12.1 Å². The van der Waals surface area contributed by atoms with Gasteiger partial charge in [-0.15, -0.1) is 0 Å². The Balaban J connectivity index is 2.50. The van der Waals surface area contributed by atoms with Gasteiger partial charge in [-0.2, -0.15) is 4.99 Å². The van der Waals surface area contributed by atoms with Crippen molar-refractivity contribution in [2.45, 2.75) is 37.7 Å². The van der Waals surface area contributed by atoms with E-state index in [-0.39, 0.29) is 18.5 Å². The van der Waals surface area contributed by atoms with Gasteiger partial charge in [0.25, 0.3) is 0 Å². The monoisotopic (exact) mass is 213 g/mol. The van der Waals surface area contributed by atoms with Crippen molar-refractivity contribution in [3.63, 3.8) is 0 Å². The van der Waals surface area contributed by atoms with Crippen LogP contribution in [0.3, 0.4) is 0 Å². The molecule has 1 aliphatic rings. The fraction of sp³-hybridized carbons (Fsp3) is 0.778. The van der Waals surface area contributed by atoms with Crippen LogP contribution in [0.15, 0.2) is 9.98 Å². The van der Waals surface area contributed by atoms with Crippen molar-refractivity contribution in [2.24, 2.45) is 27.2 Å². The molecule has 0 aromatic carbocycles. The Bertz CT molecular complexity index is 264. The van der Waals surface area contributed by atoms with Gasteiger partial charge < -0.3 is 22.3 Å². The van der Waals surface area contributed by atoms with E-state index in [1.165, 1.54) is 6.42 Å². The molecule has 0 bridgehead atoms. The number of nitrogens with zero attached hydrogens (tertiary/aromatic N) is 2. The number of hydrogen-bond acceptors (Lipinski definition) is 2. The maximum atomic E-state index is 10.1. The molecular weight excluding hydrogens is 194 g/mol. The lowest BCUT2D eigenvalue weighted by molar-refractivity contribution is 0.0132. The highest BCUT2D eigenvalue weighted by atomic mass is 16.3. The molecule has 86 valence electrons. The molecule has 0 aromatic rings. The highest BCUT2D eigenvalue weighted by Crippen LogP contribution is 2.28. The molecule has 0 amide bonds. The molecule has 0 atom stereocenters. The summed E-state index contributed by atoms with van der Waals surface area (Å²) in [6, 6.07) is 0. The van der Waals surface area contributed by atoms with E-state index in [9.17, 15) is 5.11 Å². The minimum atomic E-state index is -0.720. The maximum Gasteiger partial charge on any atom is 0.218 e. The average molecular weight is 213 g/mol. The molecule has 15 heavy (non-hydrogen) atoms. The maximum absolute atomic E-state index is 10.1. The molecular formula is C9H19N5O. The van der Waals surface area contributed by atoms with Crippen LogP contribution in [0.1, 0.15) is 32.1 Å². The summed E-state index contributed by atoms with van der Waals surface area (Å²) < 4.78 is 0. The molecule has 0 saturated heterocycles. The van der Waals surface area contributed by atoms with E-state index in [1.54, 1.807) is 0 Å². The molecule has 1 rings (SSSR count). The molecule has 0 unspecified atom stereocenters. The van der Waals surface area contributed by atoms with Crippen LogP contribution < -0.4 is 17.2 Å². The first-order valence-corrected chi connectivity index (χ1v) is 5.14. The molecule has 0 aliphatic heterocycles. The Hall–Kier alpha value is -1.30.